The van der Waals surface area contributed by atoms with Gasteiger partial charge in [-0.25, -0.2) is 0 Å². The van der Waals surface area contributed by atoms with Crippen LogP contribution in [0.15, 0.2) is 60.7 Å². The molecule has 0 aliphatic rings. The van der Waals surface area contributed by atoms with Crippen LogP contribution in [-0.4, -0.2) is 0 Å². The Morgan fingerprint density at radius 2 is 0.821 bits per heavy atom. The third-order valence-corrected chi connectivity index (χ3v) is 6.00. The molecule has 0 aromatic heterocycles. The number of rotatable bonds is 16. The summed E-state index contributed by atoms with van der Waals surface area (Å²) < 4.78 is 0. The van der Waals surface area contributed by atoms with Crippen LogP contribution in [0.3, 0.4) is 0 Å². The van der Waals surface area contributed by atoms with Crippen LogP contribution in [0.5, 0.6) is 0 Å². The highest BCUT2D eigenvalue weighted by Gasteiger charge is 2.13. The van der Waals surface area contributed by atoms with Gasteiger partial charge in [0.05, 0.1) is 0 Å². The largest absolute Gasteiger partial charge is 0.0654 e. The van der Waals surface area contributed by atoms with E-state index in [1.54, 1.807) is 0 Å². The first-order chi connectivity index (χ1) is 13.9. The van der Waals surface area contributed by atoms with E-state index < -0.39 is 0 Å². The maximum Gasteiger partial charge on any atom is 0.00893 e. The third kappa shape index (κ3) is 9.58. The zero-order valence-corrected chi connectivity index (χ0v) is 18.3. The summed E-state index contributed by atoms with van der Waals surface area (Å²) in [5.74, 6) is 0.551. The molecule has 0 N–H and O–H groups in total. The van der Waals surface area contributed by atoms with Crippen LogP contribution in [0.1, 0.15) is 114 Å². The fraction of sp³-hybridized carbons (Fsp3) is 0.571. The maximum atomic E-state index is 2.30. The highest BCUT2D eigenvalue weighted by molar-refractivity contribution is 5.32. The molecule has 0 aliphatic carbocycles. The van der Waals surface area contributed by atoms with E-state index in [0.29, 0.717) is 5.92 Å². The van der Waals surface area contributed by atoms with Crippen molar-refractivity contribution in [3.05, 3.63) is 71.8 Å². The molecule has 0 bridgehead atoms. The van der Waals surface area contributed by atoms with Crippen molar-refractivity contribution in [2.45, 2.75) is 103 Å². The molecule has 0 spiro atoms. The monoisotopic (exact) mass is 378 g/mol. The topological polar surface area (TPSA) is 0 Å². The second kappa shape index (κ2) is 15.4. The van der Waals surface area contributed by atoms with Crippen molar-refractivity contribution in [3.8, 4) is 0 Å². The average Bonchev–Trinajstić information content (AvgIpc) is 2.75. The summed E-state index contributed by atoms with van der Waals surface area (Å²) >= 11 is 0. The third-order valence-electron chi connectivity index (χ3n) is 6.00. The first-order valence-electron chi connectivity index (χ1n) is 12.0. The van der Waals surface area contributed by atoms with Gasteiger partial charge in [0.15, 0.2) is 0 Å². The van der Waals surface area contributed by atoms with Gasteiger partial charge in [-0.05, 0) is 17.5 Å². The summed E-state index contributed by atoms with van der Waals surface area (Å²) in [7, 11) is 0. The molecule has 2 aromatic rings. The molecular weight excluding hydrogens is 336 g/mol. The standard InChI is InChI=1S/C28H42/c1-2-3-4-5-6-7-8-9-10-11-12-13-20-25-28(26-21-16-14-17-22-26)27-23-18-15-19-24-27/h14-19,21-24,28H,2-13,20,25H2,1H3. The molecule has 0 saturated heterocycles. The lowest BCUT2D eigenvalue weighted by Crippen LogP contribution is -2.01. The average molecular weight is 379 g/mol. The van der Waals surface area contributed by atoms with E-state index in [9.17, 15) is 0 Å². The van der Waals surface area contributed by atoms with E-state index in [0.717, 1.165) is 0 Å². The lowest BCUT2D eigenvalue weighted by atomic mass is 9.87. The molecule has 0 amide bonds. The summed E-state index contributed by atoms with van der Waals surface area (Å²) in [6.45, 7) is 2.30. The van der Waals surface area contributed by atoms with Crippen molar-refractivity contribution in [1.82, 2.24) is 0 Å². The molecule has 0 unspecified atom stereocenters. The summed E-state index contributed by atoms with van der Waals surface area (Å²) in [5.41, 5.74) is 2.93. The summed E-state index contributed by atoms with van der Waals surface area (Å²) in [6, 6.07) is 22.1. The van der Waals surface area contributed by atoms with Crippen molar-refractivity contribution in [1.29, 1.82) is 0 Å². The Hall–Kier alpha value is -1.56. The first-order valence-corrected chi connectivity index (χ1v) is 12.0. The van der Waals surface area contributed by atoms with Gasteiger partial charge in [0.25, 0.3) is 0 Å². The Morgan fingerprint density at radius 1 is 0.464 bits per heavy atom. The van der Waals surface area contributed by atoms with E-state index in [2.05, 4.69) is 67.6 Å². The van der Waals surface area contributed by atoms with E-state index in [4.69, 9.17) is 0 Å². The highest BCUT2D eigenvalue weighted by Crippen LogP contribution is 2.30. The van der Waals surface area contributed by atoms with Gasteiger partial charge in [-0.15, -0.1) is 0 Å². The van der Waals surface area contributed by atoms with Crippen molar-refractivity contribution in [2.24, 2.45) is 0 Å². The molecule has 0 fully saturated rings. The molecule has 28 heavy (non-hydrogen) atoms. The quantitative estimate of drug-likeness (QED) is 0.255. The minimum Gasteiger partial charge on any atom is -0.0654 e. The molecule has 154 valence electrons. The van der Waals surface area contributed by atoms with Gasteiger partial charge in [0.2, 0.25) is 0 Å². The van der Waals surface area contributed by atoms with Gasteiger partial charge in [-0.1, -0.05) is 151 Å². The summed E-state index contributed by atoms with van der Waals surface area (Å²) in [5, 5.41) is 0. The van der Waals surface area contributed by atoms with Gasteiger partial charge >= 0.3 is 0 Å². The van der Waals surface area contributed by atoms with E-state index in [-0.39, 0.29) is 0 Å². The predicted molar refractivity (Wildman–Crippen MR) is 125 cm³/mol. The summed E-state index contributed by atoms with van der Waals surface area (Å²) in [6.07, 6.45) is 19.8. The molecule has 0 aliphatic heterocycles. The second-order valence-corrected chi connectivity index (χ2v) is 8.41. The smallest absolute Gasteiger partial charge is 0.00893 e. The molecule has 0 nitrogen and oxygen atoms in total. The van der Waals surface area contributed by atoms with Crippen molar-refractivity contribution >= 4 is 0 Å². The molecule has 0 heterocycles. The van der Waals surface area contributed by atoms with Gasteiger partial charge in [0.1, 0.15) is 0 Å². The molecule has 0 atom stereocenters. The number of unbranched alkanes of at least 4 members (excludes halogenated alkanes) is 12. The van der Waals surface area contributed by atoms with Crippen LogP contribution in [0.2, 0.25) is 0 Å². The maximum absolute atomic E-state index is 2.30. The predicted octanol–water partition coefficient (Wildman–Crippen LogP) is 9.30. The zero-order valence-electron chi connectivity index (χ0n) is 18.3. The van der Waals surface area contributed by atoms with Gasteiger partial charge in [-0.2, -0.15) is 0 Å². The molecule has 2 aromatic carbocycles. The van der Waals surface area contributed by atoms with Gasteiger partial charge in [-0.3, -0.25) is 0 Å². The van der Waals surface area contributed by atoms with Crippen LogP contribution in [0.4, 0.5) is 0 Å². The SMILES string of the molecule is CCCCCCCCCCCCCCCC(c1ccccc1)c1ccccc1. The van der Waals surface area contributed by atoms with Crippen LogP contribution >= 0.6 is 0 Å². The number of benzene rings is 2. The second-order valence-electron chi connectivity index (χ2n) is 8.41. The molecule has 0 radical (unpaired) electrons. The lowest BCUT2D eigenvalue weighted by Gasteiger charge is -2.18. The van der Waals surface area contributed by atoms with Crippen molar-refractivity contribution < 1.29 is 0 Å². The molecule has 0 heteroatoms. The first kappa shape index (κ1) is 22.7. The van der Waals surface area contributed by atoms with Crippen LogP contribution in [0, 0.1) is 0 Å². The van der Waals surface area contributed by atoms with Crippen LogP contribution in [-0.2, 0) is 0 Å². The minimum atomic E-state index is 0.551. The Labute approximate surface area is 174 Å². The fourth-order valence-electron chi connectivity index (χ4n) is 4.26. The Morgan fingerprint density at radius 3 is 1.21 bits per heavy atom. The van der Waals surface area contributed by atoms with Gasteiger partial charge in [0, 0.05) is 5.92 Å². The number of hydrogen-bond acceptors (Lipinski definition) is 0. The zero-order chi connectivity index (χ0) is 19.7. The Bertz CT molecular complexity index is 532. The van der Waals surface area contributed by atoms with E-state index in [1.807, 2.05) is 0 Å². The summed E-state index contributed by atoms with van der Waals surface area (Å²) in [4.78, 5) is 0. The molecular formula is C28H42. The number of hydrogen-bond donors (Lipinski definition) is 0. The minimum absolute atomic E-state index is 0.551. The van der Waals surface area contributed by atoms with Gasteiger partial charge < -0.3 is 0 Å². The van der Waals surface area contributed by atoms with Crippen molar-refractivity contribution in [2.75, 3.05) is 0 Å². The molecule has 0 saturated carbocycles. The highest BCUT2D eigenvalue weighted by atomic mass is 14.2. The lowest BCUT2D eigenvalue weighted by molar-refractivity contribution is 0.530. The van der Waals surface area contributed by atoms with E-state index >= 15 is 0 Å². The fourth-order valence-corrected chi connectivity index (χ4v) is 4.26. The Kier molecular flexibility index (Phi) is 12.5. The molecule has 2 rings (SSSR count). The van der Waals surface area contributed by atoms with Crippen molar-refractivity contribution in [3.63, 3.8) is 0 Å². The van der Waals surface area contributed by atoms with E-state index in [1.165, 1.54) is 101 Å². The normalized spacial score (nSPS) is 11.2. The van der Waals surface area contributed by atoms with Crippen LogP contribution in [0.25, 0.3) is 0 Å². The Balaban J connectivity index is 1.56. The van der Waals surface area contributed by atoms with Crippen LogP contribution < -0.4 is 0 Å².